The second kappa shape index (κ2) is 4.83. The van der Waals surface area contributed by atoms with Gasteiger partial charge < -0.3 is 5.73 Å². The first-order chi connectivity index (χ1) is 8.76. The molecule has 0 aliphatic rings. The molecule has 0 saturated carbocycles. The Bertz CT molecular complexity index is 488. The highest BCUT2D eigenvalue weighted by molar-refractivity contribution is 5.30. The van der Waals surface area contributed by atoms with E-state index in [0.29, 0.717) is 0 Å². The molecular weight excluding hydrogens is 305 g/mol. The first-order valence-corrected chi connectivity index (χ1v) is 4.84. The molecule has 0 aromatic heterocycles. The van der Waals surface area contributed by atoms with Gasteiger partial charge in [-0.1, -0.05) is 0 Å². The summed E-state index contributed by atoms with van der Waals surface area (Å²) in [5, 5.41) is 0. The van der Waals surface area contributed by atoms with Crippen LogP contribution in [0.25, 0.3) is 0 Å². The molecule has 0 amide bonds. The van der Waals surface area contributed by atoms with Gasteiger partial charge in [-0.25, -0.2) is 4.39 Å². The molecule has 1 aromatic carbocycles. The fraction of sp³-hybridized carbons (Fsp3) is 0.400. The van der Waals surface area contributed by atoms with E-state index >= 15 is 0 Å². The molecule has 1 aromatic rings. The van der Waals surface area contributed by atoms with Gasteiger partial charge in [0.25, 0.3) is 0 Å². The first kappa shape index (κ1) is 16.6. The summed E-state index contributed by atoms with van der Waals surface area (Å²) in [5.41, 5.74) is 1.62. The quantitative estimate of drug-likeness (QED) is 0.820. The normalized spacial score (nSPS) is 15.3. The predicted molar refractivity (Wildman–Crippen MR) is 49.3 cm³/mol. The van der Waals surface area contributed by atoms with Crippen LogP contribution in [-0.2, 0) is 6.18 Å². The lowest BCUT2D eigenvalue weighted by Crippen LogP contribution is -2.45. The van der Waals surface area contributed by atoms with Crippen LogP contribution in [0.3, 0.4) is 0 Å². The van der Waals surface area contributed by atoms with Crippen LogP contribution in [-0.4, -0.2) is 12.1 Å². The van der Waals surface area contributed by atoms with Crippen molar-refractivity contribution in [2.24, 2.45) is 5.73 Å². The van der Waals surface area contributed by atoms with Crippen molar-refractivity contribution in [3.8, 4) is 0 Å². The SMILES string of the molecule is N[C@@H](c1cc(F)cc(C(F)(F)F)c1)C(F)(F)C(F)(F)F. The topological polar surface area (TPSA) is 26.0 Å². The Hall–Kier alpha value is -1.45. The van der Waals surface area contributed by atoms with E-state index in [4.69, 9.17) is 0 Å². The van der Waals surface area contributed by atoms with E-state index in [1.165, 1.54) is 0 Å². The number of hydrogen-bond acceptors (Lipinski definition) is 1. The molecule has 0 unspecified atom stereocenters. The summed E-state index contributed by atoms with van der Waals surface area (Å²) in [7, 11) is 0. The van der Waals surface area contributed by atoms with Crippen LogP contribution in [0, 0.1) is 5.82 Å². The second-order valence-corrected chi connectivity index (χ2v) is 3.87. The van der Waals surface area contributed by atoms with Crippen LogP contribution >= 0.6 is 0 Å². The van der Waals surface area contributed by atoms with Gasteiger partial charge in [0.15, 0.2) is 0 Å². The molecule has 0 spiro atoms. The van der Waals surface area contributed by atoms with E-state index in [9.17, 15) is 39.5 Å². The van der Waals surface area contributed by atoms with Crippen LogP contribution in [0.1, 0.15) is 17.2 Å². The van der Waals surface area contributed by atoms with E-state index < -0.39 is 41.3 Å². The minimum absolute atomic E-state index is 0.0397. The summed E-state index contributed by atoms with van der Waals surface area (Å²) in [5.74, 6) is -7.12. The van der Waals surface area contributed by atoms with Gasteiger partial charge in [-0.15, -0.1) is 0 Å². The van der Waals surface area contributed by atoms with Gasteiger partial charge in [-0.2, -0.15) is 35.1 Å². The molecule has 10 heteroatoms. The maximum Gasteiger partial charge on any atom is 0.455 e. The smallest absolute Gasteiger partial charge is 0.319 e. The molecule has 0 fully saturated rings. The average molecular weight is 311 g/mol. The maximum absolute atomic E-state index is 12.9. The number of benzene rings is 1. The Morgan fingerprint density at radius 3 is 1.75 bits per heavy atom. The molecule has 2 N–H and O–H groups in total. The third kappa shape index (κ3) is 3.17. The van der Waals surface area contributed by atoms with Gasteiger partial charge in [0.05, 0.1) is 5.56 Å². The lowest BCUT2D eigenvalue weighted by atomic mass is 9.98. The largest absolute Gasteiger partial charge is 0.455 e. The lowest BCUT2D eigenvalue weighted by Gasteiger charge is -2.26. The van der Waals surface area contributed by atoms with E-state index in [2.05, 4.69) is 5.73 Å². The minimum atomic E-state index is -6.07. The zero-order valence-electron chi connectivity index (χ0n) is 9.29. The van der Waals surface area contributed by atoms with E-state index in [0.717, 1.165) is 0 Å². The highest BCUT2D eigenvalue weighted by Crippen LogP contribution is 2.44. The van der Waals surface area contributed by atoms with Crippen molar-refractivity contribution in [3.63, 3.8) is 0 Å². The van der Waals surface area contributed by atoms with Crippen molar-refractivity contribution >= 4 is 0 Å². The van der Waals surface area contributed by atoms with Crippen molar-refractivity contribution in [1.82, 2.24) is 0 Å². The van der Waals surface area contributed by atoms with Crippen LogP contribution in [0.5, 0.6) is 0 Å². The van der Waals surface area contributed by atoms with Gasteiger partial charge in [0, 0.05) is 0 Å². The first-order valence-electron chi connectivity index (χ1n) is 4.84. The molecule has 0 heterocycles. The number of hydrogen-bond donors (Lipinski definition) is 1. The highest BCUT2D eigenvalue weighted by Gasteiger charge is 2.61. The van der Waals surface area contributed by atoms with E-state index in [1.807, 2.05) is 0 Å². The second-order valence-electron chi connectivity index (χ2n) is 3.87. The summed E-state index contributed by atoms with van der Waals surface area (Å²) < 4.78 is 112. The van der Waals surface area contributed by atoms with Gasteiger partial charge in [-0.05, 0) is 23.8 Å². The van der Waals surface area contributed by atoms with Gasteiger partial charge >= 0.3 is 18.3 Å². The molecule has 1 atom stereocenters. The molecule has 0 aliphatic heterocycles. The molecular formula is C10H6F9N. The summed E-state index contributed by atoms with van der Waals surface area (Å²) in [6.45, 7) is 0. The van der Waals surface area contributed by atoms with Crippen LogP contribution in [0.4, 0.5) is 39.5 Å². The summed E-state index contributed by atoms with van der Waals surface area (Å²) in [6.07, 6.45) is -11.2. The van der Waals surface area contributed by atoms with Crippen molar-refractivity contribution < 1.29 is 39.5 Å². The predicted octanol–water partition coefficient (Wildman–Crippen LogP) is 4.04. The lowest BCUT2D eigenvalue weighted by molar-refractivity contribution is -0.291. The van der Waals surface area contributed by atoms with Crippen LogP contribution in [0.15, 0.2) is 18.2 Å². The Morgan fingerprint density at radius 1 is 0.850 bits per heavy atom. The van der Waals surface area contributed by atoms with E-state index in [-0.39, 0.29) is 18.2 Å². The number of nitrogens with two attached hydrogens (primary N) is 1. The molecule has 1 rings (SSSR count). The fourth-order valence-corrected chi connectivity index (χ4v) is 1.34. The highest BCUT2D eigenvalue weighted by atomic mass is 19.4. The average Bonchev–Trinajstić information content (AvgIpc) is 2.24. The zero-order valence-corrected chi connectivity index (χ0v) is 9.29. The monoisotopic (exact) mass is 311 g/mol. The van der Waals surface area contributed by atoms with Crippen molar-refractivity contribution in [2.75, 3.05) is 0 Å². The van der Waals surface area contributed by atoms with Crippen molar-refractivity contribution in [1.29, 1.82) is 0 Å². The minimum Gasteiger partial charge on any atom is -0.319 e. The van der Waals surface area contributed by atoms with Gasteiger partial charge in [-0.3, -0.25) is 0 Å². The Balaban J connectivity index is 3.31. The molecule has 0 radical (unpaired) electrons. The van der Waals surface area contributed by atoms with Gasteiger partial charge in [0.1, 0.15) is 11.9 Å². The molecule has 0 saturated heterocycles. The standard InChI is InChI=1S/C10H6F9N/c11-6-2-4(1-5(3-6)9(14,15)16)7(20)8(12,13)10(17,18)19/h1-3,7H,20H2/t7-/m0/s1. The van der Waals surface area contributed by atoms with Crippen molar-refractivity contribution in [3.05, 3.63) is 35.1 Å². The van der Waals surface area contributed by atoms with Gasteiger partial charge in [0.2, 0.25) is 0 Å². The van der Waals surface area contributed by atoms with Crippen LogP contribution < -0.4 is 5.73 Å². The Labute approximate surface area is 106 Å². The maximum atomic E-state index is 12.9. The van der Waals surface area contributed by atoms with E-state index in [1.54, 1.807) is 0 Å². The summed E-state index contributed by atoms with van der Waals surface area (Å²) >= 11 is 0. The summed E-state index contributed by atoms with van der Waals surface area (Å²) in [4.78, 5) is 0. The Morgan fingerprint density at radius 2 is 1.35 bits per heavy atom. The van der Waals surface area contributed by atoms with Crippen molar-refractivity contribution in [2.45, 2.75) is 24.3 Å². The molecule has 114 valence electrons. The number of rotatable bonds is 2. The fourth-order valence-electron chi connectivity index (χ4n) is 1.34. The summed E-state index contributed by atoms with van der Waals surface area (Å²) in [6, 6.07) is -3.14. The molecule has 0 bridgehead atoms. The van der Waals surface area contributed by atoms with Crippen LogP contribution in [0.2, 0.25) is 0 Å². The Kier molecular flexibility index (Phi) is 4.01. The molecule has 1 nitrogen and oxygen atoms in total. The molecule has 20 heavy (non-hydrogen) atoms. The third-order valence-corrected chi connectivity index (χ3v) is 2.38. The number of alkyl halides is 8. The molecule has 0 aliphatic carbocycles. The third-order valence-electron chi connectivity index (χ3n) is 2.38. The number of halogens is 9. The zero-order chi connectivity index (χ0) is 15.9.